The fourth-order valence-electron chi connectivity index (χ4n) is 2.60. The molecule has 0 bridgehead atoms. The van der Waals surface area contributed by atoms with Gasteiger partial charge in [0.2, 0.25) is 0 Å². The van der Waals surface area contributed by atoms with Crippen LogP contribution < -0.4 is 9.47 Å². The van der Waals surface area contributed by atoms with Crippen molar-refractivity contribution in [1.29, 1.82) is 0 Å². The third-order valence-electron chi connectivity index (χ3n) is 3.83. The van der Waals surface area contributed by atoms with Crippen LogP contribution in [0.15, 0.2) is 24.3 Å². The third-order valence-corrected chi connectivity index (χ3v) is 3.83. The Labute approximate surface area is 138 Å². The molecule has 0 radical (unpaired) electrons. The molecule has 1 saturated heterocycles. The molecule has 0 saturated carbocycles. The Balaban J connectivity index is 1.67. The highest BCUT2D eigenvalue weighted by atomic mass is 16.5. The quantitative estimate of drug-likeness (QED) is 0.727. The largest absolute Gasteiger partial charge is 0.494 e. The molecule has 23 heavy (non-hydrogen) atoms. The average molecular weight is 318 g/mol. The topological polar surface area (TPSA) is 45.2 Å². The number of rotatable bonds is 8. The number of hydrogen-bond acceptors (Lipinski definition) is 5. The Morgan fingerprint density at radius 2 is 1.65 bits per heavy atom. The van der Waals surface area contributed by atoms with Crippen molar-refractivity contribution in [1.82, 2.24) is 9.80 Å². The molecule has 1 aromatic carbocycles. The van der Waals surface area contributed by atoms with Gasteiger partial charge in [0.15, 0.2) is 0 Å². The van der Waals surface area contributed by atoms with Crippen molar-refractivity contribution >= 4 is 0 Å². The fourth-order valence-corrected chi connectivity index (χ4v) is 2.60. The van der Waals surface area contributed by atoms with Crippen LogP contribution in [0.2, 0.25) is 0 Å². The van der Waals surface area contributed by atoms with Gasteiger partial charge >= 0.3 is 0 Å². The van der Waals surface area contributed by atoms with Crippen molar-refractivity contribution in [3.05, 3.63) is 24.3 Å². The minimum absolute atomic E-state index is 0.290. The van der Waals surface area contributed by atoms with Crippen molar-refractivity contribution in [2.75, 3.05) is 52.5 Å². The predicted octanol–water partition coefficient (Wildman–Crippen LogP) is 1.08. The van der Waals surface area contributed by atoms with Crippen LogP contribution in [0.5, 0.6) is 11.5 Å². The smallest absolute Gasteiger partial charge is 0.119 e. The van der Waals surface area contributed by atoms with Crippen molar-refractivity contribution in [3.63, 3.8) is 0 Å². The molecule has 1 atom stereocenters. The number of aliphatic hydroxyl groups is 1. The van der Waals surface area contributed by atoms with Gasteiger partial charge in [0.1, 0.15) is 24.2 Å². The van der Waals surface area contributed by atoms with Gasteiger partial charge in [0, 0.05) is 32.7 Å². The fraction of sp³-hybridized carbons (Fsp3) is 0.556. The second-order valence-corrected chi connectivity index (χ2v) is 5.65. The van der Waals surface area contributed by atoms with Gasteiger partial charge in [0.05, 0.1) is 13.2 Å². The number of ether oxygens (including phenoxy) is 2. The maximum atomic E-state index is 10.1. The van der Waals surface area contributed by atoms with Crippen molar-refractivity contribution in [2.24, 2.45) is 0 Å². The summed E-state index contributed by atoms with van der Waals surface area (Å²) in [5, 5.41) is 10.1. The number of β-amino-alcohol motifs (C(OH)–C–C–N with tert-alkyl or cyclic N) is 1. The van der Waals surface area contributed by atoms with Crippen LogP contribution in [-0.4, -0.2) is 73.5 Å². The lowest BCUT2D eigenvalue weighted by atomic mass is 10.2. The van der Waals surface area contributed by atoms with Crippen molar-refractivity contribution < 1.29 is 14.6 Å². The molecule has 1 aliphatic heterocycles. The summed E-state index contributed by atoms with van der Waals surface area (Å²) in [5.74, 6) is 4.24. The van der Waals surface area contributed by atoms with E-state index < -0.39 is 6.10 Å². The van der Waals surface area contributed by atoms with E-state index in [2.05, 4.69) is 15.7 Å². The molecule has 1 aliphatic rings. The first kappa shape index (κ1) is 17.6. The summed E-state index contributed by atoms with van der Waals surface area (Å²) >= 11 is 0. The van der Waals surface area contributed by atoms with Crippen molar-refractivity contribution in [3.8, 4) is 23.8 Å². The molecule has 5 heteroatoms. The summed E-state index contributed by atoms with van der Waals surface area (Å²) < 4.78 is 11.0. The minimum atomic E-state index is -0.499. The lowest BCUT2D eigenvalue weighted by Crippen LogP contribution is -2.49. The van der Waals surface area contributed by atoms with Gasteiger partial charge < -0.3 is 14.6 Å². The molecule has 1 aromatic rings. The van der Waals surface area contributed by atoms with E-state index in [1.807, 2.05) is 31.2 Å². The molecule has 5 nitrogen and oxygen atoms in total. The van der Waals surface area contributed by atoms with Gasteiger partial charge in [0.25, 0.3) is 0 Å². The Hall–Kier alpha value is -1.74. The van der Waals surface area contributed by atoms with E-state index >= 15 is 0 Å². The molecule has 2 rings (SSSR count). The molecular formula is C18H26N2O3. The standard InChI is InChI=1S/C18H26N2O3/c1-3-9-19-10-12-20(13-11-19)14-16(21)15-23-18-7-5-17(6-8-18)22-4-2/h1,5-8,16,21H,4,9-15H2,2H3. The number of benzene rings is 1. The second kappa shape index (κ2) is 9.41. The minimum Gasteiger partial charge on any atom is -0.494 e. The molecule has 0 aliphatic carbocycles. The first-order valence-corrected chi connectivity index (χ1v) is 8.13. The SMILES string of the molecule is C#CCN1CCN(CC(O)COc2ccc(OCC)cc2)CC1. The highest BCUT2D eigenvalue weighted by Gasteiger charge is 2.18. The Bertz CT molecular complexity index is 490. The Morgan fingerprint density at radius 1 is 1.09 bits per heavy atom. The maximum Gasteiger partial charge on any atom is 0.119 e. The summed E-state index contributed by atoms with van der Waals surface area (Å²) in [6, 6.07) is 7.46. The molecule has 1 fully saturated rings. The molecule has 1 heterocycles. The number of terminal acetylenes is 1. The lowest BCUT2D eigenvalue weighted by Gasteiger charge is -2.34. The molecule has 1 unspecified atom stereocenters. The summed E-state index contributed by atoms with van der Waals surface area (Å²) in [4.78, 5) is 4.50. The highest BCUT2D eigenvalue weighted by Crippen LogP contribution is 2.17. The van der Waals surface area contributed by atoms with E-state index in [1.54, 1.807) is 0 Å². The van der Waals surface area contributed by atoms with Gasteiger partial charge in [-0.3, -0.25) is 9.80 Å². The summed E-state index contributed by atoms with van der Waals surface area (Å²) in [6.07, 6.45) is 4.83. The number of hydrogen-bond donors (Lipinski definition) is 1. The van der Waals surface area contributed by atoms with Crippen LogP contribution in [0.4, 0.5) is 0 Å². The van der Waals surface area contributed by atoms with E-state index in [0.717, 1.165) is 37.7 Å². The molecule has 0 aromatic heterocycles. The first-order valence-electron chi connectivity index (χ1n) is 8.13. The van der Waals surface area contributed by atoms with Crippen LogP contribution in [0.1, 0.15) is 6.92 Å². The number of nitrogens with zero attached hydrogens (tertiary/aromatic N) is 2. The number of piperazine rings is 1. The van der Waals surface area contributed by atoms with Gasteiger partial charge in [-0.15, -0.1) is 6.42 Å². The summed E-state index contributed by atoms with van der Waals surface area (Å²) in [7, 11) is 0. The molecule has 0 spiro atoms. The van der Waals surface area contributed by atoms with Crippen molar-refractivity contribution in [2.45, 2.75) is 13.0 Å². The van der Waals surface area contributed by atoms with E-state index in [9.17, 15) is 5.11 Å². The molecular weight excluding hydrogens is 292 g/mol. The average Bonchev–Trinajstić information content (AvgIpc) is 2.57. The summed E-state index contributed by atoms with van der Waals surface area (Å²) in [5.41, 5.74) is 0. The van der Waals surface area contributed by atoms with Crippen LogP contribution >= 0.6 is 0 Å². The van der Waals surface area contributed by atoms with E-state index in [4.69, 9.17) is 15.9 Å². The zero-order valence-electron chi connectivity index (χ0n) is 13.8. The number of aliphatic hydroxyl groups excluding tert-OH is 1. The molecule has 0 amide bonds. The van der Waals surface area contributed by atoms with E-state index in [-0.39, 0.29) is 0 Å². The zero-order valence-corrected chi connectivity index (χ0v) is 13.8. The Kier molecular flexibility index (Phi) is 7.21. The van der Waals surface area contributed by atoms with Crippen LogP contribution in [0.3, 0.4) is 0 Å². The zero-order chi connectivity index (χ0) is 16.5. The predicted molar refractivity (Wildman–Crippen MR) is 90.8 cm³/mol. The van der Waals surface area contributed by atoms with Gasteiger partial charge in [-0.25, -0.2) is 0 Å². The molecule has 1 N–H and O–H groups in total. The summed E-state index contributed by atoms with van der Waals surface area (Å²) in [6.45, 7) is 7.99. The second-order valence-electron chi connectivity index (χ2n) is 5.65. The van der Waals surface area contributed by atoms with Gasteiger partial charge in [-0.05, 0) is 31.2 Å². The van der Waals surface area contributed by atoms with Crippen LogP contribution in [0.25, 0.3) is 0 Å². The normalized spacial score (nSPS) is 17.4. The maximum absolute atomic E-state index is 10.1. The molecule has 126 valence electrons. The monoisotopic (exact) mass is 318 g/mol. The van der Waals surface area contributed by atoms with Crippen LogP contribution in [0, 0.1) is 12.3 Å². The first-order chi connectivity index (χ1) is 11.2. The van der Waals surface area contributed by atoms with Crippen LogP contribution in [-0.2, 0) is 0 Å². The lowest BCUT2D eigenvalue weighted by molar-refractivity contribution is 0.0485. The third kappa shape index (κ3) is 6.11. The van der Waals surface area contributed by atoms with E-state index in [1.165, 1.54) is 0 Å². The Morgan fingerprint density at radius 3 is 2.22 bits per heavy atom. The van der Waals surface area contributed by atoms with Gasteiger partial charge in [-0.2, -0.15) is 0 Å². The van der Waals surface area contributed by atoms with Gasteiger partial charge in [-0.1, -0.05) is 5.92 Å². The highest BCUT2D eigenvalue weighted by molar-refractivity contribution is 5.31. The van der Waals surface area contributed by atoms with E-state index in [0.29, 0.717) is 26.3 Å².